The molecule has 0 amide bonds. The standard InChI is InChI=1S/C18H20N2O/c1-2-3-8-13-21-17-12-7-4-9-14(17)18-19-15-10-5-6-11-16(15)20-18/h4-7,9-12H,2-3,8,13H2,1H3,(H,19,20). The van der Waals surface area contributed by atoms with Gasteiger partial charge in [-0.25, -0.2) is 4.98 Å². The first-order valence-corrected chi connectivity index (χ1v) is 7.55. The van der Waals surface area contributed by atoms with Crippen LogP contribution in [0.1, 0.15) is 26.2 Å². The van der Waals surface area contributed by atoms with E-state index in [1.807, 2.05) is 48.5 Å². The molecule has 0 radical (unpaired) electrons. The number of benzene rings is 2. The van der Waals surface area contributed by atoms with Gasteiger partial charge in [-0.15, -0.1) is 0 Å². The lowest BCUT2D eigenvalue weighted by Gasteiger charge is -2.09. The highest BCUT2D eigenvalue weighted by molar-refractivity contribution is 5.80. The molecule has 0 aliphatic rings. The number of fused-ring (bicyclic) bond motifs is 1. The number of aromatic nitrogens is 2. The lowest BCUT2D eigenvalue weighted by molar-refractivity contribution is 0.307. The normalized spacial score (nSPS) is 10.9. The van der Waals surface area contributed by atoms with Gasteiger partial charge in [0.15, 0.2) is 0 Å². The van der Waals surface area contributed by atoms with Gasteiger partial charge in [0.25, 0.3) is 0 Å². The third-order valence-corrected chi connectivity index (χ3v) is 3.54. The van der Waals surface area contributed by atoms with Crippen LogP contribution in [-0.2, 0) is 0 Å². The highest BCUT2D eigenvalue weighted by Gasteiger charge is 2.10. The Kier molecular flexibility index (Phi) is 4.20. The molecule has 0 bridgehead atoms. The van der Waals surface area contributed by atoms with Crippen LogP contribution in [0.15, 0.2) is 48.5 Å². The molecule has 1 heterocycles. The largest absolute Gasteiger partial charge is 0.493 e. The van der Waals surface area contributed by atoms with Crippen molar-refractivity contribution in [3.63, 3.8) is 0 Å². The van der Waals surface area contributed by atoms with Crippen molar-refractivity contribution in [2.75, 3.05) is 6.61 Å². The third kappa shape index (κ3) is 3.07. The smallest absolute Gasteiger partial charge is 0.142 e. The molecule has 108 valence electrons. The zero-order valence-electron chi connectivity index (χ0n) is 12.3. The Labute approximate surface area is 125 Å². The average molecular weight is 280 g/mol. The molecule has 1 aromatic heterocycles. The van der Waals surface area contributed by atoms with Gasteiger partial charge in [-0.3, -0.25) is 0 Å². The summed E-state index contributed by atoms with van der Waals surface area (Å²) in [6.07, 6.45) is 3.49. The lowest BCUT2D eigenvalue weighted by atomic mass is 10.2. The van der Waals surface area contributed by atoms with E-state index in [9.17, 15) is 0 Å². The zero-order valence-corrected chi connectivity index (χ0v) is 12.3. The molecule has 21 heavy (non-hydrogen) atoms. The third-order valence-electron chi connectivity index (χ3n) is 3.54. The summed E-state index contributed by atoms with van der Waals surface area (Å²) >= 11 is 0. The second-order valence-electron chi connectivity index (χ2n) is 5.15. The van der Waals surface area contributed by atoms with E-state index in [4.69, 9.17) is 4.74 Å². The number of unbranched alkanes of at least 4 members (excludes halogenated alkanes) is 2. The zero-order chi connectivity index (χ0) is 14.5. The number of nitrogens with one attached hydrogen (secondary N) is 1. The van der Waals surface area contributed by atoms with Crippen LogP contribution >= 0.6 is 0 Å². The van der Waals surface area contributed by atoms with Crippen molar-refractivity contribution < 1.29 is 4.74 Å². The van der Waals surface area contributed by atoms with Crippen molar-refractivity contribution in [1.29, 1.82) is 0 Å². The minimum Gasteiger partial charge on any atom is -0.493 e. The Bertz CT molecular complexity index is 685. The molecule has 0 atom stereocenters. The van der Waals surface area contributed by atoms with E-state index in [1.54, 1.807) is 0 Å². The van der Waals surface area contributed by atoms with E-state index < -0.39 is 0 Å². The number of rotatable bonds is 6. The number of para-hydroxylation sites is 3. The maximum Gasteiger partial charge on any atom is 0.142 e. The Balaban J connectivity index is 1.87. The van der Waals surface area contributed by atoms with Crippen LogP contribution in [0, 0.1) is 0 Å². The van der Waals surface area contributed by atoms with E-state index in [0.717, 1.165) is 41.2 Å². The van der Waals surface area contributed by atoms with Crippen molar-refractivity contribution >= 4 is 11.0 Å². The van der Waals surface area contributed by atoms with Crippen molar-refractivity contribution in [1.82, 2.24) is 9.97 Å². The molecule has 3 nitrogen and oxygen atoms in total. The maximum atomic E-state index is 5.93. The molecular formula is C18H20N2O. The number of ether oxygens (including phenoxy) is 1. The maximum absolute atomic E-state index is 5.93. The van der Waals surface area contributed by atoms with Crippen LogP contribution in [0.2, 0.25) is 0 Å². The molecule has 0 unspecified atom stereocenters. The average Bonchev–Trinajstić information content (AvgIpc) is 2.96. The Morgan fingerprint density at radius 1 is 1.00 bits per heavy atom. The van der Waals surface area contributed by atoms with Crippen molar-refractivity contribution in [2.24, 2.45) is 0 Å². The molecule has 1 N–H and O–H groups in total. The van der Waals surface area contributed by atoms with E-state index in [1.165, 1.54) is 12.8 Å². The summed E-state index contributed by atoms with van der Waals surface area (Å²) in [6.45, 7) is 2.95. The van der Waals surface area contributed by atoms with Gasteiger partial charge in [-0.05, 0) is 30.7 Å². The first-order chi connectivity index (χ1) is 10.4. The number of nitrogens with zero attached hydrogens (tertiary/aromatic N) is 1. The molecule has 3 rings (SSSR count). The minimum absolute atomic E-state index is 0.755. The summed E-state index contributed by atoms with van der Waals surface area (Å²) in [7, 11) is 0. The van der Waals surface area contributed by atoms with Crippen LogP contribution in [0.5, 0.6) is 5.75 Å². The summed E-state index contributed by atoms with van der Waals surface area (Å²) in [6, 6.07) is 16.1. The van der Waals surface area contributed by atoms with Crippen LogP contribution in [0.25, 0.3) is 22.4 Å². The van der Waals surface area contributed by atoms with E-state index in [-0.39, 0.29) is 0 Å². The van der Waals surface area contributed by atoms with Crippen LogP contribution < -0.4 is 4.74 Å². The summed E-state index contributed by atoms with van der Waals surface area (Å²) in [5.74, 6) is 1.76. The number of H-pyrrole nitrogens is 1. The van der Waals surface area contributed by atoms with E-state index in [2.05, 4.69) is 16.9 Å². The quantitative estimate of drug-likeness (QED) is 0.659. The van der Waals surface area contributed by atoms with Gasteiger partial charge in [0.2, 0.25) is 0 Å². The highest BCUT2D eigenvalue weighted by Crippen LogP contribution is 2.29. The predicted octanol–water partition coefficient (Wildman–Crippen LogP) is 4.80. The van der Waals surface area contributed by atoms with Crippen LogP contribution in [0.3, 0.4) is 0 Å². The predicted molar refractivity (Wildman–Crippen MR) is 86.5 cm³/mol. The molecule has 2 aromatic carbocycles. The second kappa shape index (κ2) is 6.44. The fourth-order valence-corrected chi connectivity index (χ4v) is 2.40. The van der Waals surface area contributed by atoms with Gasteiger partial charge in [0, 0.05) is 0 Å². The molecule has 3 heteroatoms. The van der Waals surface area contributed by atoms with Gasteiger partial charge in [0.1, 0.15) is 11.6 Å². The van der Waals surface area contributed by atoms with Crippen molar-refractivity contribution in [3.8, 4) is 17.1 Å². The monoisotopic (exact) mass is 280 g/mol. The summed E-state index contributed by atoms with van der Waals surface area (Å²) in [5, 5.41) is 0. The molecule has 0 saturated heterocycles. The Morgan fingerprint density at radius 2 is 1.81 bits per heavy atom. The molecule has 3 aromatic rings. The number of imidazole rings is 1. The fourth-order valence-electron chi connectivity index (χ4n) is 2.40. The lowest BCUT2D eigenvalue weighted by Crippen LogP contribution is -1.98. The number of hydrogen-bond acceptors (Lipinski definition) is 2. The Morgan fingerprint density at radius 3 is 2.67 bits per heavy atom. The van der Waals surface area contributed by atoms with Gasteiger partial charge < -0.3 is 9.72 Å². The van der Waals surface area contributed by atoms with Crippen molar-refractivity contribution in [3.05, 3.63) is 48.5 Å². The van der Waals surface area contributed by atoms with E-state index >= 15 is 0 Å². The van der Waals surface area contributed by atoms with Crippen LogP contribution in [0.4, 0.5) is 0 Å². The minimum atomic E-state index is 0.755. The van der Waals surface area contributed by atoms with Crippen molar-refractivity contribution in [2.45, 2.75) is 26.2 Å². The fraction of sp³-hybridized carbons (Fsp3) is 0.278. The first kappa shape index (κ1) is 13.7. The summed E-state index contributed by atoms with van der Waals surface area (Å²) < 4.78 is 5.93. The summed E-state index contributed by atoms with van der Waals surface area (Å²) in [4.78, 5) is 8.02. The molecular weight excluding hydrogens is 260 g/mol. The van der Waals surface area contributed by atoms with E-state index in [0.29, 0.717) is 0 Å². The van der Waals surface area contributed by atoms with Gasteiger partial charge in [0.05, 0.1) is 23.2 Å². The SMILES string of the molecule is CCCCCOc1ccccc1-c1nc2ccccc2[nH]1. The molecule has 0 spiro atoms. The summed E-state index contributed by atoms with van der Waals surface area (Å²) in [5.41, 5.74) is 3.05. The van der Waals surface area contributed by atoms with Crippen LogP contribution in [-0.4, -0.2) is 16.6 Å². The van der Waals surface area contributed by atoms with Gasteiger partial charge in [-0.2, -0.15) is 0 Å². The topological polar surface area (TPSA) is 37.9 Å². The highest BCUT2D eigenvalue weighted by atomic mass is 16.5. The molecule has 0 fully saturated rings. The first-order valence-electron chi connectivity index (χ1n) is 7.55. The molecule has 0 aliphatic heterocycles. The molecule has 0 saturated carbocycles. The Hall–Kier alpha value is -2.29. The second-order valence-corrected chi connectivity index (χ2v) is 5.15. The molecule has 0 aliphatic carbocycles. The number of aromatic amines is 1. The van der Waals surface area contributed by atoms with Gasteiger partial charge in [-0.1, -0.05) is 44.0 Å². The van der Waals surface area contributed by atoms with Gasteiger partial charge >= 0.3 is 0 Å². The number of hydrogen-bond donors (Lipinski definition) is 1.